The fourth-order valence-electron chi connectivity index (χ4n) is 3.44. The lowest BCUT2D eigenvalue weighted by molar-refractivity contribution is -0.142. The molecule has 4 rings (SSSR count). The SMILES string of the molecule is COC(=O)COc1ccccc1/C=C1\N=C(c2ccccc2)N(NC(=S)Nc2cccc(OC)c2)C1=O. The molecule has 0 radical (unpaired) electrons. The molecule has 3 aromatic carbocycles. The number of hydrogen-bond donors (Lipinski definition) is 2. The molecule has 0 spiro atoms. The lowest BCUT2D eigenvalue weighted by Crippen LogP contribution is -2.48. The molecule has 9 nitrogen and oxygen atoms in total. The molecule has 1 aliphatic rings. The van der Waals surface area contributed by atoms with E-state index in [1.807, 2.05) is 48.5 Å². The highest BCUT2D eigenvalue weighted by atomic mass is 32.1. The summed E-state index contributed by atoms with van der Waals surface area (Å²) >= 11 is 5.47. The average Bonchev–Trinajstić information content (AvgIpc) is 3.22. The number of carbonyl (C=O) groups excluding carboxylic acids is 2. The molecule has 0 unspecified atom stereocenters. The molecule has 0 bridgehead atoms. The standard InChI is InChI=1S/C27H24N4O5S/c1-34-21-13-8-12-20(16-21)28-27(37)30-31-25(18-9-4-3-5-10-18)29-22(26(31)33)15-19-11-6-7-14-23(19)36-17-24(32)35-2/h3-16H,17H2,1-2H3,(H2,28,30,37)/b22-15-. The highest BCUT2D eigenvalue weighted by Crippen LogP contribution is 2.26. The number of methoxy groups -OCH3 is 2. The van der Waals surface area contributed by atoms with Crippen LogP contribution in [0.3, 0.4) is 0 Å². The zero-order valence-electron chi connectivity index (χ0n) is 20.1. The van der Waals surface area contributed by atoms with E-state index >= 15 is 0 Å². The van der Waals surface area contributed by atoms with Gasteiger partial charge in [-0.1, -0.05) is 54.6 Å². The zero-order chi connectivity index (χ0) is 26.2. The second-order valence-corrected chi connectivity index (χ2v) is 8.08. The van der Waals surface area contributed by atoms with Crippen molar-refractivity contribution in [3.05, 3.63) is 95.7 Å². The Morgan fingerprint density at radius 3 is 2.54 bits per heavy atom. The van der Waals surface area contributed by atoms with E-state index < -0.39 is 11.9 Å². The highest BCUT2D eigenvalue weighted by molar-refractivity contribution is 7.80. The van der Waals surface area contributed by atoms with Crippen LogP contribution in [0.1, 0.15) is 11.1 Å². The van der Waals surface area contributed by atoms with E-state index in [0.29, 0.717) is 34.1 Å². The lowest BCUT2D eigenvalue weighted by atomic mass is 10.1. The Hall–Kier alpha value is -4.70. The second-order valence-electron chi connectivity index (χ2n) is 7.67. The number of para-hydroxylation sites is 1. The van der Waals surface area contributed by atoms with Gasteiger partial charge in [0.1, 0.15) is 17.2 Å². The minimum Gasteiger partial charge on any atom is -0.497 e. The summed E-state index contributed by atoms with van der Waals surface area (Å²) in [6.45, 7) is -0.263. The van der Waals surface area contributed by atoms with Gasteiger partial charge < -0.3 is 19.5 Å². The number of aliphatic imine (C=N–C) groups is 1. The molecule has 0 saturated heterocycles. The molecular formula is C27H24N4O5S. The smallest absolute Gasteiger partial charge is 0.343 e. The molecule has 1 amide bonds. The van der Waals surface area contributed by atoms with Crippen molar-refractivity contribution < 1.29 is 23.8 Å². The first-order valence-electron chi connectivity index (χ1n) is 11.2. The number of anilines is 1. The van der Waals surface area contributed by atoms with Gasteiger partial charge >= 0.3 is 5.97 Å². The quantitative estimate of drug-likeness (QED) is 0.265. The number of benzene rings is 3. The number of amides is 1. The first-order valence-corrected chi connectivity index (χ1v) is 11.6. The third-order valence-electron chi connectivity index (χ3n) is 5.22. The van der Waals surface area contributed by atoms with Gasteiger partial charge in [-0.15, -0.1) is 0 Å². The summed E-state index contributed by atoms with van der Waals surface area (Å²) in [5.74, 6) is 0.508. The molecule has 3 aromatic rings. The zero-order valence-corrected chi connectivity index (χ0v) is 21.0. The second kappa shape index (κ2) is 11.8. The number of amidine groups is 1. The van der Waals surface area contributed by atoms with Crippen LogP contribution in [0.25, 0.3) is 6.08 Å². The molecule has 1 heterocycles. The summed E-state index contributed by atoms with van der Waals surface area (Å²) in [6.07, 6.45) is 1.60. The Bertz CT molecular complexity index is 1370. The molecule has 188 valence electrons. The number of ether oxygens (including phenoxy) is 3. The number of esters is 1. The van der Waals surface area contributed by atoms with Crippen molar-refractivity contribution in [1.29, 1.82) is 0 Å². The van der Waals surface area contributed by atoms with Gasteiger partial charge in [0.15, 0.2) is 17.6 Å². The van der Waals surface area contributed by atoms with Crippen molar-refractivity contribution in [2.45, 2.75) is 0 Å². The Morgan fingerprint density at radius 2 is 1.78 bits per heavy atom. The Morgan fingerprint density at radius 1 is 1.03 bits per heavy atom. The van der Waals surface area contributed by atoms with Crippen LogP contribution >= 0.6 is 12.2 Å². The van der Waals surface area contributed by atoms with Crippen molar-refractivity contribution in [3.8, 4) is 11.5 Å². The lowest BCUT2D eigenvalue weighted by Gasteiger charge is -2.21. The number of nitrogens with one attached hydrogen (secondary N) is 2. The van der Waals surface area contributed by atoms with E-state index in [2.05, 4.69) is 20.5 Å². The number of thiocarbonyl (C=S) groups is 1. The summed E-state index contributed by atoms with van der Waals surface area (Å²) in [5.41, 5.74) is 5.07. The molecule has 0 atom stereocenters. The first-order chi connectivity index (χ1) is 18.0. The molecule has 0 aromatic heterocycles. The van der Waals surface area contributed by atoms with Crippen molar-refractivity contribution in [2.24, 2.45) is 4.99 Å². The van der Waals surface area contributed by atoms with Crippen LogP contribution in [-0.2, 0) is 14.3 Å². The van der Waals surface area contributed by atoms with Gasteiger partial charge in [0.25, 0.3) is 5.91 Å². The van der Waals surface area contributed by atoms with Crippen LogP contribution in [-0.4, -0.2) is 48.7 Å². The molecule has 1 aliphatic heterocycles. The number of hydrazine groups is 1. The van der Waals surface area contributed by atoms with Crippen molar-refractivity contribution >= 4 is 46.8 Å². The number of hydrogen-bond acceptors (Lipinski definition) is 7. The van der Waals surface area contributed by atoms with E-state index in [-0.39, 0.29) is 17.4 Å². The summed E-state index contributed by atoms with van der Waals surface area (Å²) in [7, 11) is 2.86. The maximum absolute atomic E-state index is 13.5. The van der Waals surface area contributed by atoms with E-state index in [9.17, 15) is 9.59 Å². The van der Waals surface area contributed by atoms with Crippen LogP contribution < -0.4 is 20.2 Å². The third-order valence-corrected chi connectivity index (χ3v) is 5.41. The summed E-state index contributed by atoms with van der Waals surface area (Å²) in [5, 5.41) is 4.53. The van der Waals surface area contributed by atoms with Crippen molar-refractivity contribution in [3.63, 3.8) is 0 Å². The molecule has 2 N–H and O–H groups in total. The molecule has 0 saturated carbocycles. The molecule has 0 fully saturated rings. The molecular weight excluding hydrogens is 492 g/mol. The average molecular weight is 517 g/mol. The van der Waals surface area contributed by atoms with Gasteiger partial charge in [-0.05, 0) is 36.5 Å². The van der Waals surface area contributed by atoms with E-state index in [1.165, 1.54) is 12.1 Å². The molecule has 37 heavy (non-hydrogen) atoms. The van der Waals surface area contributed by atoms with Gasteiger partial charge in [-0.3, -0.25) is 10.2 Å². The molecule has 0 aliphatic carbocycles. The van der Waals surface area contributed by atoms with Crippen LogP contribution in [0.2, 0.25) is 0 Å². The summed E-state index contributed by atoms with van der Waals surface area (Å²) in [4.78, 5) is 29.6. The van der Waals surface area contributed by atoms with Crippen molar-refractivity contribution in [1.82, 2.24) is 10.4 Å². The largest absolute Gasteiger partial charge is 0.497 e. The fraction of sp³-hybridized carbons (Fsp3) is 0.111. The van der Waals surface area contributed by atoms with Crippen molar-refractivity contribution in [2.75, 3.05) is 26.1 Å². The highest BCUT2D eigenvalue weighted by Gasteiger charge is 2.32. The maximum Gasteiger partial charge on any atom is 0.343 e. The predicted molar refractivity (Wildman–Crippen MR) is 144 cm³/mol. The van der Waals surface area contributed by atoms with E-state index in [1.54, 1.807) is 43.5 Å². The summed E-state index contributed by atoms with van der Waals surface area (Å²) < 4.78 is 15.5. The Labute approximate surface area is 219 Å². The van der Waals surface area contributed by atoms with E-state index in [4.69, 9.17) is 21.7 Å². The number of rotatable bonds is 8. The van der Waals surface area contributed by atoms with Crippen LogP contribution in [0.15, 0.2) is 89.6 Å². The number of carbonyl (C=O) groups is 2. The van der Waals surface area contributed by atoms with E-state index in [0.717, 1.165) is 0 Å². The van der Waals surface area contributed by atoms with Gasteiger partial charge in [0.2, 0.25) is 0 Å². The monoisotopic (exact) mass is 516 g/mol. The fourth-order valence-corrected chi connectivity index (χ4v) is 3.65. The number of nitrogens with zero attached hydrogens (tertiary/aromatic N) is 2. The van der Waals surface area contributed by atoms with Crippen LogP contribution in [0.4, 0.5) is 5.69 Å². The first kappa shape index (κ1) is 25.4. The molecule has 10 heteroatoms. The third kappa shape index (κ3) is 6.30. The van der Waals surface area contributed by atoms with Gasteiger partial charge in [0, 0.05) is 22.9 Å². The van der Waals surface area contributed by atoms with Crippen LogP contribution in [0, 0.1) is 0 Å². The Balaban J connectivity index is 1.61. The van der Waals surface area contributed by atoms with Gasteiger partial charge in [-0.2, -0.15) is 5.01 Å². The normalized spacial score (nSPS) is 13.7. The predicted octanol–water partition coefficient (Wildman–Crippen LogP) is 3.78. The van der Waals surface area contributed by atoms with Crippen LogP contribution in [0.5, 0.6) is 11.5 Å². The minimum atomic E-state index is -0.517. The van der Waals surface area contributed by atoms with Gasteiger partial charge in [0.05, 0.1) is 14.2 Å². The topological polar surface area (TPSA) is 101 Å². The maximum atomic E-state index is 13.5. The summed E-state index contributed by atoms with van der Waals surface area (Å²) in [6, 6.07) is 23.5. The van der Waals surface area contributed by atoms with Gasteiger partial charge in [-0.25, -0.2) is 9.79 Å². The minimum absolute atomic E-state index is 0.157. The Kier molecular flexibility index (Phi) is 8.11.